The standard InChI is InChI=1S/C15H16ClN3O7/c1-3-25-14(21)13(12(20)9-16)17-18(15(22)26-4-2)10-5-7-11(8-6-10)19(23)24/h5-8H,3-4,9H2,1-2H3/b17-13-. The number of Topliss-reactive ketones (excluding diaryl/α,β-unsaturated/α-hetero) is 1. The van der Waals surface area contributed by atoms with E-state index in [4.69, 9.17) is 21.1 Å². The molecule has 10 nitrogen and oxygen atoms in total. The molecule has 0 bridgehead atoms. The predicted molar refractivity (Wildman–Crippen MR) is 92.4 cm³/mol. The molecule has 0 fully saturated rings. The zero-order valence-electron chi connectivity index (χ0n) is 14.0. The second-order valence-electron chi connectivity index (χ2n) is 4.51. The molecule has 1 aromatic carbocycles. The van der Waals surface area contributed by atoms with E-state index in [0.717, 1.165) is 12.1 Å². The van der Waals surface area contributed by atoms with Gasteiger partial charge in [0.25, 0.3) is 5.69 Å². The van der Waals surface area contributed by atoms with Crippen LogP contribution in [0.15, 0.2) is 29.4 Å². The third-order valence-corrected chi connectivity index (χ3v) is 3.04. The lowest BCUT2D eigenvalue weighted by atomic mass is 10.2. The Labute approximate surface area is 153 Å². The van der Waals surface area contributed by atoms with E-state index in [-0.39, 0.29) is 24.6 Å². The van der Waals surface area contributed by atoms with Gasteiger partial charge in [0.2, 0.25) is 11.5 Å². The molecular weight excluding hydrogens is 370 g/mol. The average Bonchev–Trinajstić information content (AvgIpc) is 2.62. The topological polar surface area (TPSA) is 128 Å². The summed E-state index contributed by atoms with van der Waals surface area (Å²) < 4.78 is 9.58. The van der Waals surface area contributed by atoms with Crippen LogP contribution in [0.25, 0.3) is 0 Å². The Morgan fingerprint density at radius 1 is 1.15 bits per heavy atom. The number of carbonyl (C=O) groups excluding carboxylic acids is 3. The Morgan fingerprint density at radius 2 is 1.73 bits per heavy atom. The number of anilines is 1. The highest BCUT2D eigenvalue weighted by molar-refractivity contribution is 6.67. The Morgan fingerprint density at radius 3 is 2.19 bits per heavy atom. The molecule has 26 heavy (non-hydrogen) atoms. The maximum Gasteiger partial charge on any atom is 0.435 e. The normalized spacial score (nSPS) is 10.8. The third kappa shape index (κ3) is 5.52. The van der Waals surface area contributed by atoms with Crippen LogP contribution in [0.5, 0.6) is 0 Å². The van der Waals surface area contributed by atoms with Gasteiger partial charge in [0.1, 0.15) is 0 Å². The first kappa shape index (κ1) is 21.0. The maximum atomic E-state index is 12.2. The summed E-state index contributed by atoms with van der Waals surface area (Å²) in [5.41, 5.74) is -0.879. The number of nitro groups is 1. The zero-order valence-corrected chi connectivity index (χ0v) is 14.8. The molecule has 0 heterocycles. The molecule has 0 atom stereocenters. The molecule has 0 saturated heterocycles. The second kappa shape index (κ2) is 10.1. The van der Waals surface area contributed by atoms with Crippen LogP contribution in [0.4, 0.5) is 16.2 Å². The van der Waals surface area contributed by atoms with Crippen LogP contribution in [0.1, 0.15) is 13.8 Å². The van der Waals surface area contributed by atoms with Gasteiger partial charge in [-0.25, -0.2) is 9.59 Å². The Balaban J connectivity index is 3.38. The first-order valence-electron chi connectivity index (χ1n) is 7.41. The molecule has 0 aliphatic rings. The predicted octanol–water partition coefficient (Wildman–Crippen LogP) is 2.28. The van der Waals surface area contributed by atoms with E-state index in [1.54, 1.807) is 6.92 Å². The van der Waals surface area contributed by atoms with E-state index < -0.39 is 34.4 Å². The summed E-state index contributed by atoms with van der Waals surface area (Å²) in [4.78, 5) is 46.1. The highest BCUT2D eigenvalue weighted by Crippen LogP contribution is 2.21. The molecule has 0 aliphatic carbocycles. The number of ketones is 1. The summed E-state index contributed by atoms with van der Waals surface area (Å²) in [7, 11) is 0. The SMILES string of the molecule is CCOC(=O)/C(=N\N(C(=O)OCC)c1ccc([N+](=O)[O-])cc1)C(=O)CCl. The van der Waals surface area contributed by atoms with Crippen LogP contribution in [0.3, 0.4) is 0 Å². The maximum absolute atomic E-state index is 12.2. The van der Waals surface area contributed by atoms with Crippen LogP contribution in [-0.4, -0.2) is 47.6 Å². The number of hydrogen-bond acceptors (Lipinski definition) is 8. The summed E-state index contributed by atoms with van der Waals surface area (Å²) in [6.45, 7) is 3.05. The molecular formula is C15H16ClN3O7. The lowest BCUT2D eigenvalue weighted by Crippen LogP contribution is -2.34. The van der Waals surface area contributed by atoms with E-state index in [1.165, 1.54) is 19.1 Å². The fourth-order valence-electron chi connectivity index (χ4n) is 1.68. The lowest BCUT2D eigenvalue weighted by molar-refractivity contribution is -0.384. The van der Waals surface area contributed by atoms with Gasteiger partial charge >= 0.3 is 12.1 Å². The van der Waals surface area contributed by atoms with Crippen molar-refractivity contribution in [3.05, 3.63) is 34.4 Å². The van der Waals surface area contributed by atoms with E-state index in [2.05, 4.69) is 5.10 Å². The monoisotopic (exact) mass is 385 g/mol. The van der Waals surface area contributed by atoms with Crippen molar-refractivity contribution < 1.29 is 28.8 Å². The summed E-state index contributed by atoms with van der Waals surface area (Å²) in [6.07, 6.45) is -0.995. The minimum absolute atomic E-state index is 0.00394. The molecule has 1 aromatic rings. The van der Waals surface area contributed by atoms with Gasteiger partial charge in [-0.3, -0.25) is 14.9 Å². The molecule has 1 rings (SSSR count). The first-order chi connectivity index (χ1) is 12.3. The van der Waals surface area contributed by atoms with Gasteiger partial charge in [0.15, 0.2) is 0 Å². The Kier molecular flexibility index (Phi) is 8.16. The number of halogens is 1. The van der Waals surface area contributed by atoms with E-state index in [1.807, 2.05) is 0 Å². The third-order valence-electron chi connectivity index (χ3n) is 2.80. The molecule has 0 saturated carbocycles. The summed E-state index contributed by atoms with van der Waals surface area (Å²) in [5, 5.41) is 15.1. The van der Waals surface area contributed by atoms with Crippen molar-refractivity contribution in [1.82, 2.24) is 0 Å². The minimum atomic E-state index is -1.06. The average molecular weight is 386 g/mol. The van der Waals surface area contributed by atoms with Gasteiger partial charge < -0.3 is 9.47 Å². The zero-order chi connectivity index (χ0) is 19.7. The van der Waals surface area contributed by atoms with Gasteiger partial charge in [-0.2, -0.15) is 10.1 Å². The molecule has 11 heteroatoms. The fourth-order valence-corrected chi connectivity index (χ4v) is 1.80. The molecule has 0 unspecified atom stereocenters. The van der Waals surface area contributed by atoms with Crippen molar-refractivity contribution in [3.8, 4) is 0 Å². The van der Waals surface area contributed by atoms with Crippen molar-refractivity contribution in [1.29, 1.82) is 0 Å². The smallest absolute Gasteiger partial charge is 0.435 e. The van der Waals surface area contributed by atoms with Crippen molar-refractivity contribution in [2.24, 2.45) is 5.10 Å². The van der Waals surface area contributed by atoms with Crippen molar-refractivity contribution >= 4 is 46.5 Å². The number of hydrogen-bond donors (Lipinski definition) is 0. The highest BCUT2D eigenvalue weighted by atomic mass is 35.5. The van der Waals surface area contributed by atoms with E-state index >= 15 is 0 Å². The van der Waals surface area contributed by atoms with Crippen LogP contribution in [0.2, 0.25) is 0 Å². The molecule has 1 amide bonds. The summed E-state index contributed by atoms with van der Waals surface area (Å²) >= 11 is 5.47. The number of carbonyl (C=O) groups is 3. The molecule has 0 radical (unpaired) electrons. The Hall–Kier alpha value is -3.01. The number of hydrazone groups is 1. The van der Waals surface area contributed by atoms with Gasteiger partial charge in [0.05, 0.1) is 29.7 Å². The van der Waals surface area contributed by atoms with Crippen LogP contribution in [0, 0.1) is 10.1 Å². The number of rotatable bonds is 8. The number of esters is 1. The summed E-state index contributed by atoms with van der Waals surface area (Å²) in [5.74, 6) is -2.48. The number of ether oxygens (including phenoxy) is 2. The number of non-ortho nitro benzene ring substituents is 1. The van der Waals surface area contributed by atoms with Crippen LogP contribution in [-0.2, 0) is 19.1 Å². The molecule has 0 N–H and O–H groups in total. The van der Waals surface area contributed by atoms with Crippen molar-refractivity contribution in [2.75, 3.05) is 24.1 Å². The number of alkyl halides is 1. The largest absolute Gasteiger partial charge is 0.461 e. The van der Waals surface area contributed by atoms with Gasteiger partial charge in [-0.1, -0.05) is 0 Å². The molecule has 0 aromatic heterocycles. The van der Waals surface area contributed by atoms with E-state index in [0.29, 0.717) is 5.01 Å². The lowest BCUT2D eigenvalue weighted by Gasteiger charge is -2.17. The number of nitro benzene ring substituents is 1. The van der Waals surface area contributed by atoms with Gasteiger partial charge in [-0.05, 0) is 26.0 Å². The van der Waals surface area contributed by atoms with E-state index in [9.17, 15) is 24.5 Å². The van der Waals surface area contributed by atoms with Crippen molar-refractivity contribution in [3.63, 3.8) is 0 Å². The molecule has 0 aliphatic heterocycles. The summed E-state index contributed by atoms with van der Waals surface area (Å²) in [6, 6.07) is 4.69. The molecule has 140 valence electrons. The van der Waals surface area contributed by atoms with Gasteiger partial charge in [-0.15, -0.1) is 11.6 Å². The number of nitrogens with zero attached hydrogens (tertiary/aromatic N) is 3. The van der Waals surface area contributed by atoms with Crippen LogP contribution >= 0.6 is 11.6 Å². The fraction of sp³-hybridized carbons (Fsp3) is 0.333. The minimum Gasteiger partial charge on any atom is -0.461 e. The highest BCUT2D eigenvalue weighted by Gasteiger charge is 2.26. The van der Waals surface area contributed by atoms with Crippen LogP contribution < -0.4 is 5.01 Å². The number of amides is 1. The number of benzene rings is 1. The van der Waals surface area contributed by atoms with Gasteiger partial charge in [0, 0.05) is 12.1 Å². The second-order valence-corrected chi connectivity index (χ2v) is 4.78. The Bertz CT molecular complexity index is 718. The quantitative estimate of drug-likeness (QED) is 0.167. The molecule has 0 spiro atoms. The van der Waals surface area contributed by atoms with Crippen molar-refractivity contribution in [2.45, 2.75) is 13.8 Å². The first-order valence-corrected chi connectivity index (χ1v) is 7.95.